The quantitative estimate of drug-likeness (QED) is 0.544. The van der Waals surface area contributed by atoms with Gasteiger partial charge in [-0.05, 0) is 19.1 Å². The van der Waals surface area contributed by atoms with Gasteiger partial charge in [0.1, 0.15) is 5.03 Å². The smallest absolute Gasteiger partial charge is 0.272 e. The number of hydrogen-bond donors (Lipinski definition) is 0. The SMILES string of the molecule is Cc1cc(SCCn2cccn2)n2nc(C(F)(F)F)nc2n1. The number of halogens is 3. The molecule has 0 bridgehead atoms. The van der Waals surface area contributed by atoms with Gasteiger partial charge < -0.3 is 0 Å². The van der Waals surface area contributed by atoms with Crippen molar-refractivity contribution in [3.8, 4) is 0 Å². The molecule has 0 fully saturated rings. The van der Waals surface area contributed by atoms with Crippen LogP contribution in [0.3, 0.4) is 0 Å². The standard InChI is InChI=1S/C12H11F3N6S/c1-8-7-9(22-6-5-20-4-2-3-16-20)21-11(17-8)18-10(19-21)12(13,14)15/h2-4,7H,5-6H2,1H3. The average molecular weight is 328 g/mol. The van der Waals surface area contributed by atoms with E-state index in [9.17, 15) is 13.2 Å². The molecule has 116 valence electrons. The van der Waals surface area contributed by atoms with Gasteiger partial charge in [-0.15, -0.1) is 16.9 Å². The molecular weight excluding hydrogens is 317 g/mol. The Balaban J connectivity index is 1.86. The van der Waals surface area contributed by atoms with Gasteiger partial charge in [-0.1, -0.05) is 0 Å². The van der Waals surface area contributed by atoms with E-state index in [1.165, 1.54) is 11.8 Å². The van der Waals surface area contributed by atoms with Crippen molar-refractivity contribution < 1.29 is 13.2 Å². The van der Waals surface area contributed by atoms with Gasteiger partial charge in [-0.3, -0.25) is 4.68 Å². The Morgan fingerprint density at radius 3 is 2.77 bits per heavy atom. The molecular formula is C12H11F3N6S. The molecule has 3 aromatic heterocycles. The number of rotatable bonds is 4. The topological polar surface area (TPSA) is 60.9 Å². The summed E-state index contributed by atoms with van der Waals surface area (Å²) in [5.41, 5.74) is 0.593. The molecule has 0 atom stereocenters. The Labute approximate surface area is 127 Å². The number of thioether (sulfide) groups is 1. The van der Waals surface area contributed by atoms with Crippen molar-refractivity contribution in [1.82, 2.24) is 29.4 Å². The molecule has 10 heteroatoms. The zero-order chi connectivity index (χ0) is 15.7. The molecule has 0 N–H and O–H groups in total. The van der Waals surface area contributed by atoms with Crippen LogP contribution in [0.5, 0.6) is 0 Å². The summed E-state index contributed by atoms with van der Waals surface area (Å²) in [5.74, 6) is -0.588. The summed E-state index contributed by atoms with van der Waals surface area (Å²) in [6.45, 7) is 2.35. The summed E-state index contributed by atoms with van der Waals surface area (Å²) in [6.07, 6.45) is -1.09. The normalized spacial score (nSPS) is 12.2. The summed E-state index contributed by atoms with van der Waals surface area (Å²) < 4.78 is 41.0. The first kappa shape index (κ1) is 14.8. The van der Waals surface area contributed by atoms with Gasteiger partial charge in [0, 0.05) is 23.8 Å². The minimum atomic E-state index is -4.58. The van der Waals surface area contributed by atoms with Gasteiger partial charge in [0.25, 0.3) is 11.6 Å². The van der Waals surface area contributed by atoms with E-state index in [1.807, 2.05) is 12.3 Å². The van der Waals surface area contributed by atoms with Crippen molar-refractivity contribution in [2.24, 2.45) is 0 Å². The first-order valence-corrected chi connectivity index (χ1v) is 7.34. The Kier molecular flexibility index (Phi) is 3.77. The first-order chi connectivity index (χ1) is 10.4. The fraction of sp³-hybridized carbons (Fsp3) is 0.333. The molecule has 0 aromatic carbocycles. The van der Waals surface area contributed by atoms with E-state index in [0.29, 0.717) is 23.0 Å². The van der Waals surface area contributed by atoms with E-state index >= 15 is 0 Å². The van der Waals surface area contributed by atoms with Crippen LogP contribution in [0.15, 0.2) is 29.6 Å². The lowest BCUT2D eigenvalue weighted by molar-refractivity contribution is -0.144. The van der Waals surface area contributed by atoms with Gasteiger partial charge in [0.05, 0.1) is 6.54 Å². The van der Waals surface area contributed by atoms with E-state index in [2.05, 4.69) is 20.2 Å². The maximum Gasteiger partial charge on any atom is 0.453 e. The maximum atomic E-state index is 12.7. The fourth-order valence-corrected chi connectivity index (χ4v) is 2.84. The van der Waals surface area contributed by atoms with E-state index in [0.717, 1.165) is 4.52 Å². The molecule has 0 aliphatic carbocycles. The number of hydrogen-bond acceptors (Lipinski definition) is 5. The number of fused-ring (bicyclic) bond motifs is 1. The summed E-state index contributed by atoms with van der Waals surface area (Å²) in [4.78, 5) is 7.44. The van der Waals surface area contributed by atoms with Crippen molar-refractivity contribution in [2.75, 3.05) is 5.75 Å². The van der Waals surface area contributed by atoms with E-state index in [-0.39, 0.29) is 5.78 Å². The van der Waals surface area contributed by atoms with Crippen LogP contribution in [0.2, 0.25) is 0 Å². The van der Waals surface area contributed by atoms with Gasteiger partial charge in [-0.2, -0.15) is 27.8 Å². The monoisotopic (exact) mass is 328 g/mol. The first-order valence-electron chi connectivity index (χ1n) is 6.35. The third-order valence-electron chi connectivity index (χ3n) is 2.79. The molecule has 0 saturated heterocycles. The molecule has 0 amide bonds. The molecule has 0 aliphatic rings. The second-order valence-corrected chi connectivity index (χ2v) is 5.61. The number of aryl methyl sites for hydroxylation is 2. The molecule has 0 saturated carbocycles. The van der Waals surface area contributed by atoms with Crippen LogP contribution in [-0.4, -0.2) is 35.1 Å². The molecule has 0 radical (unpaired) electrons. The second-order valence-electron chi connectivity index (χ2n) is 4.50. The van der Waals surface area contributed by atoms with Crippen LogP contribution < -0.4 is 0 Å². The van der Waals surface area contributed by atoms with Crippen molar-refractivity contribution >= 4 is 17.5 Å². The van der Waals surface area contributed by atoms with Crippen LogP contribution in [-0.2, 0) is 12.7 Å². The van der Waals surface area contributed by atoms with E-state index in [4.69, 9.17) is 0 Å². The highest BCUT2D eigenvalue weighted by Crippen LogP contribution is 2.28. The number of nitrogens with zero attached hydrogens (tertiary/aromatic N) is 6. The number of aromatic nitrogens is 6. The summed E-state index contributed by atoms with van der Waals surface area (Å²) in [7, 11) is 0. The molecule has 22 heavy (non-hydrogen) atoms. The minimum Gasteiger partial charge on any atom is -0.272 e. The lowest BCUT2D eigenvalue weighted by Gasteiger charge is -2.05. The molecule has 3 aromatic rings. The highest BCUT2D eigenvalue weighted by Gasteiger charge is 2.36. The zero-order valence-corrected chi connectivity index (χ0v) is 12.3. The van der Waals surface area contributed by atoms with Crippen LogP contribution in [0.25, 0.3) is 5.78 Å². The highest BCUT2D eigenvalue weighted by molar-refractivity contribution is 7.99. The van der Waals surface area contributed by atoms with Gasteiger partial charge in [-0.25, -0.2) is 4.98 Å². The Morgan fingerprint density at radius 1 is 1.27 bits per heavy atom. The van der Waals surface area contributed by atoms with E-state index in [1.54, 1.807) is 23.9 Å². The molecule has 0 aliphatic heterocycles. The van der Waals surface area contributed by atoms with Crippen LogP contribution >= 0.6 is 11.8 Å². The predicted molar refractivity (Wildman–Crippen MR) is 73.5 cm³/mol. The molecule has 6 nitrogen and oxygen atoms in total. The lowest BCUT2D eigenvalue weighted by Crippen LogP contribution is -2.08. The summed E-state index contributed by atoms with van der Waals surface area (Å²) >= 11 is 1.38. The summed E-state index contributed by atoms with van der Waals surface area (Å²) in [5, 5.41) is 8.15. The van der Waals surface area contributed by atoms with Crippen molar-refractivity contribution in [2.45, 2.75) is 24.7 Å². The Hall–Kier alpha value is -2.10. The molecule has 0 spiro atoms. The average Bonchev–Trinajstić information content (AvgIpc) is 3.06. The van der Waals surface area contributed by atoms with Crippen molar-refractivity contribution in [1.29, 1.82) is 0 Å². The lowest BCUT2D eigenvalue weighted by atomic mass is 10.5. The molecule has 3 heterocycles. The Bertz CT molecular complexity index is 780. The fourth-order valence-electron chi connectivity index (χ4n) is 1.85. The van der Waals surface area contributed by atoms with Crippen molar-refractivity contribution in [3.05, 3.63) is 36.0 Å². The largest absolute Gasteiger partial charge is 0.453 e. The number of alkyl halides is 3. The molecule has 0 unspecified atom stereocenters. The maximum absolute atomic E-state index is 12.7. The van der Waals surface area contributed by atoms with Gasteiger partial charge in [0.15, 0.2) is 0 Å². The molecule has 3 rings (SSSR count). The summed E-state index contributed by atoms with van der Waals surface area (Å²) in [6, 6.07) is 3.50. The second kappa shape index (κ2) is 5.59. The van der Waals surface area contributed by atoms with Crippen LogP contribution in [0.1, 0.15) is 11.5 Å². The Morgan fingerprint density at radius 2 is 2.09 bits per heavy atom. The third kappa shape index (κ3) is 3.06. The van der Waals surface area contributed by atoms with Gasteiger partial charge >= 0.3 is 6.18 Å². The van der Waals surface area contributed by atoms with Crippen LogP contribution in [0, 0.1) is 6.92 Å². The highest BCUT2D eigenvalue weighted by atomic mass is 32.2. The van der Waals surface area contributed by atoms with Crippen LogP contribution in [0.4, 0.5) is 13.2 Å². The van der Waals surface area contributed by atoms with Gasteiger partial charge in [0.2, 0.25) is 0 Å². The zero-order valence-electron chi connectivity index (χ0n) is 11.4. The minimum absolute atomic E-state index is 0.0473. The predicted octanol–water partition coefficient (Wildman–Crippen LogP) is 2.44. The third-order valence-corrected chi connectivity index (χ3v) is 3.76. The van der Waals surface area contributed by atoms with Crippen molar-refractivity contribution in [3.63, 3.8) is 0 Å². The van der Waals surface area contributed by atoms with E-state index < -0.39 is 12.0 Å².